The van der Waals surface area contributed by atoms with Crippen LogP contribution in [0.15, 0.2) is 53.6 Å². The Morgan fingerprint density at radius 2 is 1.71 bits per heavy atom. The van der Waals surface area contributed by atoms with E-state index in [2.05, 4.69) is 15.3 Å². The SMILES string of the molecule is Cc1nc2ccccc2nc1SC(C)C(=O)Nc1ccccc1Cl. The number of hydrogen-bond acceptors (Lipinski definition) is 4. The lowest BCUT2D eigenvalue weighted by Gasteiger charge is -2.13. The summed E-state index contributed by atoms with van der Waals surface area (Å²) in [4.78, 5) is 21.6. The lowest BCUT2D eigenvalue weighted by atomic mass is 10.3. The van der Waals surface area contributed by atoms with E-state index < -0.39 is 0 Å². The van der Waals surface area contributed by atoms with Crippen LogP contribution in [-0.4, -0.2) is 21.1 Å². The molecule has 0 fully saturated rings. The van der Waals surface area contributed by atoms with Crippen molar-refractivity contribution >= 4 is 46.0 Å². The highest BCUT2D eigenvalue weighted by Crippen LogP contribution is 2.27. The van der Waals surface area contributed by atoms with Crippen LogP contribution in [0.4, 0.5) is 5.69 Å². The minimum Gasteiger partial charge on any atom is -0.324 e. The lowest BCUT2D eigenvalue weighted by molar-refractivity contribution is -0.115. The predicted octanol–water partition coefficient (Wildman–Crippen LogP) is 4.71. The number of aryl methyl sites for hydroxylation is 1. The van der Waals surface area contributed by atoms with Crippen LogP contribution in [0.2, 0.25) is 5.02 Å². The highest BCUT2D eigenvalue weighted by Gasteiger charge is 2.18. The number of amides is 1. The Hall–Kier alpha value is -2.11. The summed E-state index contributed by atoms with van der Waals surface area (Å²) < 4.78 is 0. The zero-order valence-electron chi connectivity index (χ0n) is 13.3. The maximum absolute atomic E-state index is 12.4. The summed E-state index contributed by atoms with van der Waals surface area (Å²) in [6.07, 6.45) is 0. The Kier molecular flexibility index (Phi) is 5.02. The Morgan fingerprint density at radius 1 is 1.08 bits per heavy atom. The van der Waals surface area contributed by atoms with Gasteiger partial charge in [0, 0.05) is 0 Å². The Bertz CT molecular complexity index is 900. The number of para-hydroxylation sites is 3. The maximum Gasteiger partial charge on any atom is 0.237 e. The lowest BCUT2D eigenvalue weighted by Crippen LogP contribution is -2.22. The number of fused-ring (bicyclic) bond motifs is 1. The third kappa shape index (κ3) is 3.68. The molecule has 1 amide bonds. The number of nitrogens with one attached hydrogen (secondary N) is 1. The molecule has 122 valence electrons. The number of benzene rings is 2. The van der Waals surface area contributed by atoms with E-state index in [9.17, 15) is 4.79 Å². The fraction of sp³-hybridized carbons (Fsp3) is 0.167. The fourth-order valence-electron chi connectivity index (χ4n) is 2.20. The molecule has 24 heavy (non-hydrogen) atoms. The number of aromatic nitrogens is 2. The quantitative estimate of drug-likeness (QED) is 0.687. The van der Waals surface area contributed by atoms with E-state index in [0.29, 0.717) is 10.7 Å². The van der Waals surface area contributed by atoms with Gasteiger partial charge in [0.1, 0.15) is 5.03 Å². The number of hydrogen-bond donors (Lipinski definition) is 1. The number of carbonyl (C=O) groups is 1. The minimum atomic E-state index is -0.324. The molecule has 0 aliphatic rings. The Labute approximate surface area is 149 Å². The van der Waals surface area contributed by atoms with Crippen LogP contribution in [-0.2, 0) is 4.79 Å². The van der Waals surface area contributed by atoms with E-state index in [4.69, 9.17) is 11.6 Å². The van der Waals surface area contributed by atoms with Crippen molar-refractivity contribution in [2.75, 3.05) is 5.32 Å². The fourth-order valence-corrected chi connectivity index (χ4v) is 3.25. The van der Waals surface area contributed by atoms with Crippen molar-refractivity contribution in [3.05, 3.63) is 59.2 Å². The molecule has 0 saturated carbocycles. The highest BCUT2D eigenvalue weighted by molar-refractivity contribution is 8.00. The van der Waals surface area contributed by atoms with E-state index >= 15 is 0 Å². The molecule has 0 bridgehead atoms. The number of thioether (sulfide) groups is 1. The number of nitrogens with zero attached hydrogens (tertiary/aromatic N) is 2. The molecule has 1 heterocycles. The number of carbonyl (C=O) groups excluding carboxylic acids is 1. The molecule has 0 spiro atoms. The molecule has 0 aliphatic heterocycles. The second-order valence-corrected chi connectivity index (χ2v) is 7.07. The van der Waals surface area contributed by atoms with Gasteiger partial charge in [0.2, 0.25) is 5.91 Å². The van der Waals surface area contributed by atoms with Gasteiger partial charge in [-0.05, 0) is 38.1 Å². The summed E-state index contributed by atoms with van der Waals surface area (Å²) in [7, 11) is 0. The van der Waals surface area contributed by atoms with Gasteiger partial charge in [-0.15, -0.1) is 0 Å². The average Bonchev–Trinajstić information content (AvgIpc) is 2.57. The summed E-state index contributed by atoms with van der Waals surface area (Å²) in [5, 5.41) is 3.80. The summed E-state index contributed by atoms with van der Waals surface area (Å²) in [6, 6.07) is 14.9. The van der Waals surface area contributed by atoms with E-state index in [1.165, 1.54) is 11.8 Å². The molecule has 1 aromatic heterocycles. The zero-order valence-corrected chi connectivity index (χ0v) is 14.9. The number of anilines is 1. The van der Waals surface area contributed by atoms with E-state index in [-0.39, 0.29) is 11.2 Å². The molecular weight excluding hydrogens is 342 g/mol. The van der Waals surface area contributed by atoms with E-state index in [1.807, 2.05) is 50.2 Å². The second kappa shape index (κ2) is 7.20. The molecule has 4 nitrogen and oxygen atoms in total. The van der Waals surface area contributed by atoms with Crippen molar-refractivity contribution < 1.29 is 4.79 Å². The summed E-state index contributed by atoms with van der Waals surface area (Å²) in [5.74, 6) is -0.123. The molecule has 3 aromatic rings. The molecule has 1 N–H and O–H groups in total. The topological polar surface area (TPSA) is 54.9 Å². The third-order valence-electron chi connectivity index (χ3n) is 3.49. The molecule has 0 saturated heterocycles. The third-order valence-corrected chi connectivity index (χ3v) is 5.00. The zero-order chi connectivity index (χ0) is 17.1. The first-order valence-corrected chi connectivity index (χ1v) is 8.76. The monoisotopic (exact) mass is 357 g/mol. The summed E-state index contributed by atoms with van der Waals surface area (Å²) >= 11 is 7.47. The van der Waals surface area contributed by atoms with Gasteiger partial charge in [-0.25, -0.2) is 9.97 Å². The van der Waals surface area contributed by atoms with Crippen LogP contribution in [0.1, 0.15) is 12.6 Å². The molecular formula is C18H16ClN3OS. The maximum atomic E-state index is 12.4. The van der Waals surface area contributed by atoms with Crippen LogP contribution >= 0.6 is 23.4 Å². The van der Waals surface area contributed by atoms with Crippen LogP contribution in [0.5, 0.6) is 0 Å². The Morgan fingerprint density at radius 3 is 2.42 bits per heavy atom. The Balaban J connectivity index is 1.76. The summed E-state index contributed by atoms with van der Waals surface area (Å²) in [6.45, 7) is 3.74. The molecule has 2 aromatic carbocycles. The first kappa shape index (κ1) is 16.7. The summed E-state index contributed by atoms with van der Waals surface area (Å²) in [5.41, 5.74) is 3.10. The molecule has 0 aliphatic carbocycles. The van der Waals surface area contributed by atoms with Crippen molar-refractivity contribution in [1.82, 2.24) is 9.97 Å². The van der Waals surface area contributed by atoms with Gasteiger partial charge in [0.05, 0.1) is 32.7 Å². The standard InChI is InChI=1S/C18H16ClN3OS/c1-11-18(22-16-10-6-5-9-15(16)20-11)24-12(2)17(23)21-14-8-4-3-7-13(14)19/h3-10,12H,1-2H3,(H,21,23). The average molecular weight is 358 g/mol. The number of halogens is 1. The van der Waals surface area contributed by atoms with Crippen LogP contribution in [0, 0.1) is 6.92 Å². The molecule has 0 radical (unpaired) electrons. The minimum absolute atomic E-state index is 0.123. The van der Waals surface area contributed by atoms with Crippen molar-refractivity contribution in [1.29, 1.82) is 0 Å². The van der Waals surface area contributed by atoms with Crippen LogP contribution < -0.4 is 5.32 Å². The first-order chi connectivity index (χ1) is 11.5. The van der Waals surface area contributed by atoms with Gasteiger partial charge in [-0.3, -0.25) is 4.79 Å². The predicted molar refractivity (Wildman–Crippen MR) is 99.7 cm³/mol. The molecule has 1 unspecified atom stereocenters. The normalized spacial score (nSPS) is 12.1. The smallest absolute Gasteiger partial charge is 0.237 e. The molecule has 3 rings (SSSR count). The van der Waals surface area contributed by atoms with Crippen molar-refractivity contribution in [3.8, 4) is 0 Å². The van der Waals surface area contributed by atoms with Gasteiger partial charge in [-0.1, -0.05) is 47.6 Å². The first-order valence-electron chi connectivity index (χ1n) is 7.50. The van der Waals surface area contributed by atoms with Crippen molar-refractivity contribution in [2.45, 2.75) is 24.1 Å². The van der Waals surface area contributed by atoms with Crippen molar-refractivity contribution in [2.24, 2.45) is 0 Å². The van der Waals surface area contributed by atoms with Gasteiger partial charge in [0.25, 0.3) is 0 Å². The highest BCUT2D eigenvalue weighted by atomic mass is 35.5. The van der Waals surface area contributed by atoms with Crippen LogP contribution in [0.25, 0.3) is 11.0 Å². The van der Waals surface area contributed by atoms with Gasteiger partial charge >= 0.3 is 0 Å². The van der Waals surface area contributed by atoms with Crippen LogP contribution in [0.3, 0.4) is 0 Å². The van der Waals surface area contributed by atoms with E-state index in [1.54, 1.807) is 12.1 Å². The molecule has 6 heteroatoms. The number of rotatable bonds is 4. The van der Waals surface area contributed by atoms with Gasteiger partial charge in [-0.2, -0.15) is 0 Å². The van der Waals surface area contributed by atoms with Crippen molar-refractivity contribution in [3.63, 3.8) is 0 Å². The largest absolute Gasteiger partial charge is 0.324 e. The molecule has 1 atom stereocenters. The second-order valence-electron chi connectivity index (χ2n) is 5.33. The van der Waals surface area contributed by atoms with E-state index in [0.717, 1.165) is 21.8 Å². The van der Waals surface area contributed by atoms with Gasteiger partial charge < -0.3 is 5.32 Å². The van der Waals surface area contributed by atoms with Gasteiger partial charge in [0.15, 0.2) is 0 Å².